The van der Waals surface area contributed by atoms with E-state index in [0.717, 1.165) is 31.4 Å². The average Bonchev–Trinajstić information content (AvgIpc) is 2.94. The van der Waals surface area contributed by atoms with Crippen LogP contribution in [0.25, 0.3) is 11.4 Å². The highest BCUT2D eigenvalue weighted by Crippen LogP contribution is 2.28. The maximum absolute atomic E-state index is 6.23. The van der Waals surface area contributed by atoms with Crippen molar-refractivity contribution in [2.45, 2.75) is 38.3 Å². The first-order chi connectivity index (χ1) is 10.2. The molecule has 2 aromatic rings. The van der Waals surface area contributed by atoms with Crippen LogP contribution in [-0.2, 0) is 11.3 Å². The number of nitrogens with two attached hydrogens (primary N) is 1. The molecule has 0 amide bonds. The molecule has 1 unspecified atom stereocenters. The Hall–Kier alpha value is -1.66. The minimum Gasteiger partial charge on any atom is -0.399 e. The highest BCUT2D eigenvalue weighted by atomic mass is 35.5. The number of nitrogens with zero attached hydrogens (tertiary/aromatic N) is 4. The van der Waals surface area contributed by atoms with Gasteiger partial charge in [-0.1, -0.05) is 11.6 Å². The van der Waals surface area contributed by atoms with Crippen LogP contribution in [-0.4, -0.2) is 32.9 Å². The molecule has 1 saturated heterocycles. The molecule has 0 radical (unpaired) electrons. The van der Waals surface area contributed by atoms with Gasteiger partial charge in [-0.05, 0) is 54.3 Å². The normalized spacial score (nSPS) is 18.8. The van der Waals surface area contributed by atoms with Crippen LogP contribution < -0.4 is 5.73 Å². The van der Waals surface area contributed by atoms with Crippen molar-refractivity contribution in [2.24, 2.45) is 0 Å². The lowest BCUT2D eigenvalue weighted by Gasteiger charge is -2.22. The summed E-state index contributed by atoms with van der Waals surface area (Å²) in [6.07, 6.45) is 4.72. The Bertz CT molecular complexity index is 609. The summed E-state index contributed by atoms with van der Waals surface area (Å²) in [4.78, 5) is 0. The number of halogens is 1. The van der Waals surface area contributed by atoms with E-state index in [1.165, 1.54) is 6.42 Å². The van der Waals surface area contributed by atoms with E-state index in [1.807, 2.05) is 6.07 Å². The van der Waals surface area contributed by atoms with Gasteiger partial charge >= 0.3 is 0 Å². The van der Waals surface area contributed by atoms with Crippen molar-refractivity contribution in [3.63, 3.8) is 0 Å². The number of hydrogen-bond donors (Lipinski definition) is 1. The first kappa shape index (κ1) is 14.3. The smallest absolute Gasteiger partial charge is 0.183 e. The molecule has 0 bridgehead atoms. The van der Waals surface area contributed by atoms with Crippen LogP contribution in [0.3, 0.4) is 0 Å². The molecule has 1 fully saturated rings. The molecule has 2 N–H and O–H groups in total. The third-order valence-corrected chi connectivity index (χ3v) is 4.02. The van der Waals surface area contributed by atoms with Gasteiger partial charge in [0, 0.05) is 24.4 Å². The van der Waals surface area contributed by atoms with E-state index in [1.54, 1.807) is 16.8 Å². The number of hydrogen-bond acceptors (Lipinski definition) is 5. The Kier molecular flexibility index (Phi) is 4.36. The van der Waals surface area contributed by atoms with Gasteiger partial charge in [0.15, 0.2) is 5.82 Å². The molecule has 1 atom stereocenters. The lowest BCUT2D eigenvalue weighted by atomic mass is 10.1. The van der Waals surface area contributed by atoms with E-state index in [0.29, 0.717) is 29.2 Å². The number of anilines is 1. The summed E-state index contributed by atoms with van der Waals surface area (Å²) in [6.45, 7) is 1.57. The highest BCUT2D eigenvalue weighted by Gasteiger charge is 2.17. The van der Waals surface area contributed by atoms with Crippen LogP contribution in [0.4, 0.5) is 5.69 Å². The number of aromatic nitrogens is 4. The molecule has 1 aliphatic heterocycles. The zero-order valence-electron chi connectivity index (χ0n) is 11.7. The first-order valence-corrected chi connectivity index (χ1v) is 7.55. The molecule has 3 rings (SSSR count). The van der Waals surface area contributed by atoms with Crippen LogP contribution in [0.15, 0.2) is 18.2 Å². The van der Waals surface area contributed by atoms with E-state index in [9.17, 15) is 0 Å². The number of tetrazole rings is 1. The van der Waals surface area contributed by atoms with Crippen molar-refractivity contribution in [1.29, 1.82) is 0 Å². The topological polar surface area (TPSA) is 78.9 Å². The average molecular weight is 308 g/mol. The highest BCUT2D eigenvalue weighted by molar-refractivity contribution is 6.33. The number of nitrogen functional groups attached to an aromatic ring is 1. The SMILES string of the molecule is Nc1ccc(-c2nnnn2CCC2CCCCO2)c(Cl)c1. The van der Waals surface area contributed by atoms with Gasteiger partial charge in [-0.2, -0.15) is 0 Å². The van der Waals surface area contributed by atoms with Crippen molar-refractivity contribution in [1.82, 2.24) is 20.2 Å². The zero-order valence-corrected chi connectivity index (χ0v) is 12.5. The molecule has 0 aliphatic carbocycles. The molecular weight excluding hydrogens is 290 g/mol. The fourth-order valence-corrected chi connectivity index (χ4v) is 2.84. The summed E-state index contributed by atoms with van der Waals surface area (Å²) >= 11 is 6.23. The van der Waals surface area contributed by atoms with Crippen molar-refractivity contribution in [3.05, 3.63) is 23.2 Å². The minimum absolute atomic E-state index is 0.303. The predicted molar refractivity (Wildman–Crippen MR) is 80.9 cm³/mol. The Morgan fingerprint density at radius 1 is 1.38 bits per heavy atom. The van der Waals surface area contributed by atoms with Crippen molar-refractivity contribution in [3.8, 4) is 11.4 Å². The van der Waals surface area contributed by atoms with E-state index in [4.69, 9.17) is 22.1 Å². The molecule has 112 valence electrons. The quantitative estimate of drug-likeness (QED) is 0.878. The fourth-order valence-electron chi connectivity index (χ4n) is 2.56. The standard InChI is InChI=1S/C14H18ClN5O/c15-13-9-10(16)4-5-12(13)14-17-18-19-20(14)7-6-11-3-1-2-8-21-11/h4-5,9,11H,1-3,6-8,16H2. The second kappa shape index (κ2) is 6.41. The molecular formula is C14H18ClN5O. The Labute approximate surface area is 128 Å². The van der Waals surface area contributed by atoms with Crippen LogP contribution in [0.1, 0.15) is 25.7 Å². The largest absolute Gasteiger partial charge is 0.399 e. The van der Waals surface area contributed by atoms with Gasteiger partial charge in [0.2, 0.25) is 0 Å². The predicted octanol–water partition coefficient (Wildman–Crippen LogP) is 2.53. The Balaban J connectivity index is 1.74. The number of rotatable bonds is 4. The molecule has 7 heteroatoms. The molecule has 21 heavy (non-hydrogen) atoms. The molecule has 0 saturated carbocycles. The number of ether oxygens (including phenoxy) is 1. The third-order valence-electron chi connectivity index (χ3n) is 3.70. The van der Waals surface area contributed by atoms with Crippen LogP contribution in [0.2, 0.25) is 5.02 Å². The van der Waals surface area contributed by atoms with Gasteiger partial charge in [0.25, 0.3) is 0 Å². The van der Waals surface area contributed by atoms with E-state index in [-0.39, 0.29) is 0 Å². The molecule has 1 aromatic heterocycles. The number of aryl methyl sites for hydroxylation is 1. The summed E-state index contributed by atoms with van der Waals surface area (Å²) in [6, 6.07) is 5.35. The van der Waals surface area contributed by atoms with E-state index < -0.39 is 0 Å². The second-order valence-corrected chi connectivity index (χ2v) is 5.65. The summed E-state index contributed by atoms with van der Waals surface area (Å²) in [5, 5.41) is 12.4. The minimum atomic E-state index is 0.303. The van der Waals surface area contributed by atoms with Gasteiger partial charge in [0.05, 0.1) is 11.1 Å². The lowest BCUT2D eigenvalue weighted by molar-refractivity contribution is 0.00828. The summed E-state index contributed by atoms with van der Waals surface area (Å²) < 4.78 is 7.51. The summed E-state index contributed by atoms with van der Waals surface area (Å²) in [7, 11) is 0. The van der Waals surface area contributed by atoms with Gasteiger partial charge in [-0.3, -0.25) is 0 Å². The molecule has 1 aliphatic rings. The van der Waals surface area contributed by atoms with Crippen molar-refractivity contribution in [2.75, 3.05) is 12.3 Å². The first-order valence-electron chi connectivity index (χ1n) is 7.17. The van der Waals surface area contributed by atoms with Crippen molar-refractivity contribution >= 4 is 17.3 Å². The van der Waals surface area contributed by atoms with Crippen LogP contribution >= 0.6 is 11.6 Å². The van der Waals surface area contributed by atoms with E-state index >= 15 is 0 Å². The number of benzene rings is 1. The Morgan fingerprint density at radius 3 is 3.05 bits per heavy atom. The van der Waals surface area contributed by atoms with Gasteiger partial charge in [0.1, 0.15) is 0 Å². The maximum atomic E-state index is 6.23. The zero-order chi connectivity index (χ0) is 14.7. The van der Waals surface area contributed by atoms with Crippen molar-refractivity contribution < 1.29 is 4.74 Å². The fraction of sp³-hybridized carbons (Fsp3) is 0.500. The summed E-state index contributed by atoms with van der Waals surface area (Å²) in [5.41, 5.74) is 7.13. The molecule has 6 nitrogen and oxygen atoms in total. The van der Waals surface area contributed by atoms with Gasteiger partial charge in [-0.15, -0.1) is 5.10 Å². The molecule has 1 aromatic carbocycles. The molecule has 0 spiro atoms. The molecule has 2 heterocycles. The third kappa shape index (κ3) is 3.33. The summed E-state index contributed by atoms with van der Waals surface area (Å²) in [5.74, 6) is 0.663. The maximum Gasteiger partial charge on any atom is 0.183 e. The van der Waals surface area contributed by atoms with E-state index in [2.05, 4.69) is 15.5 Å². The monoisotopic (exact) mass is 307 g/mol. The van der Waals surface area contributed by atoms with Crippen LogP contribution in [0.5, 0.6) is 0 Å². The lowest BCUT2D eigenvalue weighted by Crippen LogP contribution is -2.21. The van der Waals surface area contributed by atoms with Gasteiger partial charge in [-0.25, -0.2) is 4.68 Å². The van der Waals surface area contributed by atoms with Crippen LogP contribution in [0, 0.1) is 0 Å². The second-order valence-electron chi connectivity index (χ2n) is 5.24. The Morgan fingerprint density at radius 2 is 2.29 bits per heavy atom. The van der Waals surface area contributed by atoms with Gasteiger partial charge < -0.3 is 10.5 Å².